The van der Waals surface area contributed by atoms with Gasteiger partial charge in [-0.05, 0) is 92.9 Å². The first kappa shape index (κ1) is 25.4. The summed E-state index contributed by atoms with van der Waals surface area (Å²) in [5.74, 6) is 0.999. The number of ether oxygens (including phenoxy) is 1. The van der Waals surface area contributed by atoms with Crippen molar-refractivity contribution >= 4 is 29.4 Å². The summed E-state index contributed by atoms with van der Waals surface area (Å²) in [4.78, 5) is 8.00. The molecule has 4 fully saturated rings. The molecule has 1 spiro atoms. The van der Waals surface area contributed by atoms with Crippen LogP contribution >= 0.6 is 12.4 Å². The Labute approximate surface area is 219 Å². The molecule has 35 heavy (non-hydrogen) atoms. The molecule has 2 aliphatic heterocycles. The molecular formula is C30H46ClN3O. The summed E-state index contributed by atoms with van der Waals surface area (Å²) in [6.07, 6.45) is 18.1. The molecule has 3 aliphatic carbocycles. The van der Waals surface area contributed by atoms with Crippen molar-refractivity contribution in [3.05, 3.63) is 29.8 Å². The van der Waals surface area contributed by atoms with Gasteiger partial charge in [0.25, 0.3) is 0 Å². The number of piperidine rings is 1. The molecule has 6 rings (SSSR count). The molecule has 194 valence electrons. The predicted octanol–water partition coefficient (Wildman–Crippen LogP) is 6.38. The van der Waals surface area contributed by atoms with E-state index in [9.17, 15) is 0 Å². The van der Waals surface area contributed by atoms with E-state index in [1.807, 2.05) is 7.11 Å². The summed E-state index contributed by atoms with van der Waals surface area (Å²) in [5.41, 5.74) is 6.71. The van der Waals surface area contributed by atoms with E-state index in [1.54, 1.807) is 5.57 Å². The second-order valence-electron chi connectivity index (χ2n) is 12.0. The van der Waals surface area contributed by atoms with E-state index in [0.717, 1.165) is 31.8 Å². The van der Waals surface area contributed by atoms with Gasteiger partial charge in [0.1, 0.15) is 0 Å². The standard InChI is InChI=1S/C30H45N3O.ClH/c1-34-27-10-16-32(17-11-27)26-6-7-29(33-20-18-31(19-21-33)23-24-4-5-24)28(22-26)25-8-14-30(15-9-25)12-2-3-13-30;/h6-8,22,24,27H,2-5,9-21,23H2,1H3;1H. The van der Waals surface area contributed by atoms with Gasteiger partial charge in [-0.1, -0.05) is 18.9 Å². The maximum atomic E-state index is 5.63. The molecule has 0 radical (unpaired) electrons. The van der Waals surface area contributed by atoms with Crippen LogP contribution in [0.2, 0.25) is 0 Å². The number of hydrogen-bond acceptors (Lipinski definition) is 4. The molecule has 0 amide bonds. The number of benzene rings is 1. The molecule has 0 bridgehead atoms. The van der Waals surface area contributed by atoms with Crippen molar-refractivity contribution in [3.63, 3.8) is 0 Å². The summed E-state index contributed by atoms with van der Waals surface area (Å²) in [6.45, 7) is 8.36. The first-order valence-corrected chi connectivity index (χ1v) is 14.3. The van der Waals surface area contributed by atoms with Gasteiger partial charge in [0.15, 0.2) is 0 Å². The zero-order valence-electron chi connectivity index (χ0n) is 21.9. The van der Waals surface area contributed by atoms with Crippen LogP contribution in [0.1, 0.15) is 76.2 Å². The van der Waals surface area contributed by atoms with E-state index >= 15 is 0 Å². The van der Waals surface area contributed by atoms with Crippen LogP contribution in [0.3, 0.4) is 0 Å². The van der Waals surface area contributed by atoms with Crippen molar-refractivity contribution in [1.82, 2.24) is 4.90 Å². The van der Waals surface area contributed by atoms with Gasteiger partial charge >= 0.3 is 0 Å². The van der Waals surface area contributed by atoms with Crippen LogP contribution in [0.4, 0.5) is 11.4 Å². The van der Waals surface area contributed by atoms with E-state index in [0.29, 0.717) is 11.5 Å². The minimum Gasteiger partial charge on any atom is -0.381 e. The maximum absolute atomic E-state index is 5.63. The normalized spacial score (nSPS) is 25.6. The number of allylic oxidation sites excluding steroid dienone is 2. The van der Waals surface area contributed by atoms with Crippen LogP contribution < -0.4 is 9.80 Å². The fourth-order valence-corrected chi connectivity index (χ4v) is 7.21. The Morgan fingerprint density at radius 2 is 1.63 bits per heavy atom. The summed E-state index contributed by atoms with van der Waals surface area (Å²) in [5, 5.41) is 0. The van der Waals surface area contributed by atoms with Gasteiger partial charge in [-0.15, -0.1) is 12.4 Å². The minimum absolute atomic E-state index is 0. The SMILES string of the molecule is COC1CCN(c2ccc(N3CCN(CC4CC4)CC3)c(C3=CCC4(CCCC4)CC3)c2)CC1.Cl. The third kappa shape index (κ3) is 5.70. The molecule has 2 saturated heterocycles. The Hall–Kier alpha value is -1.23. The van der Waals surface area contributed by atoms with Crippen LogP contribution in [0.5, 0.6) is 0 Å². The Morgan fingerprint density at radius 1 is 0.886 bits per heavy atom. The van der Waals surface area contributed by atoms with Crippen molar-refractivity contribution in [3.8, 4) is 0 Å². The zero-order chi connectivity index (χ0) is 23.0. The van der Waals surface area contributed by atoms with Gasteiger partial charge in [0.2, 0.25) is 0 Å². The number of rotatable bonds is 6. The maximum Gasteiger partial charge on any atom is 0.0605 e. The quantitative estimate of drug-likeness (QED) is 0.451. The molecule has 5 aliphatic rings. The monoisotopic (exact) mass is 499 g/mol. The highest BCUT2D eigenvalue weighted by atomic mass is 35.5. The van der Waals surface area contributed by atoms with E-state index < -0.39 is 0 Å². The van der Waals surface area contributed by atoms with E-state index in [4.69, 9.17) is 4.74 Å². The molecule has 0 aromatic heterocycles. The third-order valence-corrected chi connectivity index (χ3v) is 9.76. The molecule has 0 N–H and O–H groups in total. The summed E-state index contributed by atoms with van der Waals surface area (Å²) < 4.78 is 5.63. The lowest BCUT2D eigenvalue weighted by atomic mass is 9.72. The van der Waals surface area contributed by atoms with Gasteiger partial charge in [0.05, 0.1) is 6.10 Å². The number of piperazine rings is 1. The van der Waals surface area contributed by atoms with Gasteiger partial charge in [-0.2, -0.15) is 0 Å². The lowest BCUT2D eigenvalue weighted by Gasteiger charge is -2.39. The fraction of sp³-hybridized carbons (Fsp3) is 0.733. The second-order valence-corrected chi connectivity index (χ2v) is 12.0. The number of halogens is 1. The van der Waals surface area contributed by atoms with E-state index in [2.05, 4.69) is 39.0 Å². The van der Waals surface area contributed by atoms with Crippen molar-refractivity contribution in [2.45, 2.75) is 76.7 Å². The van der Waals surface area contributed by atoms with Crippen molar-refractivity contribution < 1.29 is 4.74 Å². The molecule has 1 aromatic rings. The highest BCUT2D eigenvalue weighted by molar-refractivity contribution is 5.85. The second kappa shape index (κ2) is 11.0. The van der Waals surface area contributed by atoms with E-state index in [-0.39, 0.29) is 12.4 Å². The minimum atomic E-state index is 0. The summed E-state index contributed by atoms with van der Waals surface area (Å²) in [7, 11) is 1.87. The van der Waals surface area contributed by atoms with Gasteiger partial charge < -0.3 is 14.5 Å². The molecule has 2 heterocycles. The topological polar surface area (TPSA) is 19.0 Å². The Morgan fingerprint density at radius 3 is 2.26 bits per heavy atom. The molecule has 4 nitrogen and oxygen atoms in total. The van der Waals surface area contributed by atoms with Gasteiger partial charge in [-0.25, -0.2) is 0 Å². The van der Waals surface area contributed by atoms with Crippen LogP contribution in [-0.2, 0) is 4.74 Å². The first-order valence-electron chi connectivity index (χ1n) is 14.3. The molecule has 0 atom stereocenters. The number of methoxy groups -OCH3 is 1. The van der Waals surface area contributed by atoms with Gasteiger partial charge in [0, 0.05) is 69.9 Å². The van der Waals surface area contributed by atoms with Crippen molar-refractivity contribution in [2.75, 3.05) is 62.7 Å². The van der Waals surface area contributed by atoms with Gasteiger partial charge in [-0.3, -0.25) is 4.90 Å². The Bertz CT molecular complexity index is 876. The number of nitrogens with zero attached hydrogens (tertiary/aromatic N) is 3. The van der Waals surface area contributed by atoms with E-state index in [1.165, 1.54) is 107 Å². The molecule has 2 saturated carbocycles. The largest absolute Gasteiger partial charge is 0.381 e. The molecule has 1 aromatic carbocycles. The molecular weight excluding hydrogens is 454 g/mol. The Kier molecular flexibility index (Phi) is 8.01. The van der Waals surface area contributed by atoms with Crippen LogP contribution in [0, 0.1) is 11.3 Å². The fourth-order valence-electron chi connectivity index (χ4n) is 7.21. The predicted molar refractivity (Wildman–Crippen MR) is 150 cm³/mol. The van der Waals surface area contributed by atoms with Crippen LogP contribution in [-0.4, -0.2) is 63.9 Å². The Balaban J connectivity index is 0.00000253. The van der Waals surface area contributed by atoms with Crippen LogP contribution in [0.15, 0.2) is 24.3 Å². The average molecular weight is 500 g/mol. The summed E-state index contributed by atoms with van der Waals surface area (Å²) in [6, 6.07) is 7.42. The smallest absolute Gasteiger partial charge is 0.0605 e. The molecule has 0 unspecified atom stereocenters. The third-order valence-electron chi connectivity index (χ3n) is 9.76. The molecule has 5 heteroatoms. The highest BCUT2D eigenvalue weighted by Gasteiger charge is 2.35. The summed E-state index contributed by atoms with van der Waals surface area (Å²) >= 11 is 0. The average Bonchev–Trinajstić information content (AvgIpc) is 3.60. The van der Waals surface area contributed by atoms with Crippen LogP contribution in [0.25, 0.3) is 5.57 Å². The van der Waals surface area contributed by atoms with Crippen molar-refractivity contribution in [2.24, 2.45) is 11.3 Å². The first-order chi connectivity index (χ1) is 16.7. The zero-order valence-corrected chi connectivity index (χ0v) is 22.7. The number of anilines is 2. The number of hydrogen-bond donors (Lipinski definition) is 0. The highest BCUT2D eigenvalue weighted by Crippen LogP contribution is 2.50. The lowest BCUT2D eigenvalue weighted by Crippen LogP contribution is -2.47. The lowest BCUT2D eigenvalue weighted by molar-refractivity contribution is 0.0819. The van der Waals surface area contributed by atoms with Crippen molar-refractivity contribution in [1.29, 1.82) is 0 Å².